The molecule has 0 unspecified atom stereocenters. The zero-order valence-electron chi connectivity index (χ0n) is 8.61. The first kappa shape index (κ1) is 11.5. The van der Waals surface area contributed by atoms with Crippen molar-refractivity contribution in [3.63, 3.8) is 0 Å². The van der Waals surface area contributed by atoms with E-state index in [0.717, 1.165) is 12.5 Å². The Balaban J connectivity index is 3.02. The maximum atomic E-state index is 13.5. The molecule has 0 radical (unpaired) electrons. The third-order valence-corrected chi connectivity index (χ3v) is 2.01. The van der Waals surface area contributed by atoms with Gasteiger partial charge in [-0.25, -0.2) is 8.78 Å². The van der Waals surface area contributed by atoms with Crippen LogP contribution in [0.15, 0.2) is 18.7 Å². The molecule has 0 fully saturated rings. The predicted octanol–water partition coefficient (Wildman–Crippen LogP) is 2.52. The van der Waals surface area contributed by atoms with Gasteiger partial charge < -0.3 is 11.1 Å². The van der Waals surface area contributed by atoms with E-state index in [4.69, 9.17) is 5.73 Å². The van der Waals surface area contributed by atoms with Gasteiger partial charge in [0.05, 0.1) is 11.3 Å². The van der Waals surface area contributed by atoms with E-state index in [1.165, 1.54) is 6.07 Å². The second-order valence-corrected chi connectivity index (χ2v) is 3.23. The van der Waals surface area contributed by atoms with Crippen LogP contribution in [0.2, 0.25) is 0 Å². The van der Waals surface area contributed by atoms with E-state index >= 15 is 0 Å². The minimum absolute atomic E-state index is 0.0779. The van der Waals surface area contributed by atoms with Crippen molar-refractivity contribution in [1.82, 2.24) is 5.32 Å². The molecule has 15 heavy (non-hydrogen) atoms. The topological polar surface area (TPSA) is 38.0 Å². The Hall–Kier alpha value is -1.58. The van der Waals surface area contributed by atoms with Gasteiger partial charge in [0.1, 0.15) is 5.82 Å². The molecule has 0 saturated carbocycles. The first-order chi connectivity index (χ1) is 7.07. The molecule has 0 saturated heterocycles. The lowest BCUT2D eigenvalue weighted by molar-refractivity contribution is 0.577. The molecule has 0 spiro atoms. The lowest BCUT2D eigenvalue weighted by Gasteiger charge is -2.11. The van der Waals surface area contributed by atoms with E-state index < -0.39 is 11.6 Å². The molecule has 0 aliphatic heterocycles. The smallest absolute Gasteiger partial charge is 0.158 e. The van der Waals surface area contributed by atoms with E-state index in [2.05, 4.69) is 11.9 Å². The SMILES string of the molecule is C=C(NCCC)c1c(F)ccc(N)c1F. The van der Waals surface area contributed by atoms with Gasteiger partial charge in [0.2, 0.25) is 0 Å². The van der Waals surface area contributed by atoms with Gasteiger partial charge >= 0.3 is 0 Å². The van der Waals surface area contributed by atoms with Crippen LogP contribution in [-0.4, -0.2) is 6.54 Å². The third kappa shape index (κ3) is 2.46. The Bertz CT molecular complexity index is 375. The largest absolute Gasteiger partial charge is 0.396 e. The number of nitrogen functional groups attached to an aromatic ring is 1. The van der Waals surface area contributed by atoms with Crippen molar-refractivity contribution < 1.29 is 8.78 Å². The van der Waals surface area contributed by atoms with Crippen molar-refractivity contribution in [2.75, 3.05) is 12.3 Å². The molecule has 0 bridgehead atoms. The van der Waals surface area contributed by atoms with Gasteiger partial charge in [-0.1, -0.05) is 13.5 Å². The standard InChI is InChI=1S/C11H14F2N2/c1-3-6-15-7(2)10-8(12)4-5-9(14)11(10)13/h4-5,15H,2-3,6,14H2,1H3. The highest BCUT2D eigenvalue weighted by Gasteiger charge is 2.14. The number of nitrogens with one attached hydrogen (secondary N) is 1. The highest BCUT2D eigenvalue weighted by molar-refractivity contribution is 5.66. The number of benzene rings is 1. The van der Waals surface area contributed by atoms with Crippen LogP contribution in [0.25, 0.3) is 5.70 Å². The van der Waals surface area contributed by atoms with Gasteiger partial charge in [-0.3, -0.25) is 0 Å². The fourth-order valence-electron chi connectivity index (χ4n) is 1.21. The Kier molecular flexibility index (Phi) is 3.66. The van der Waals surface area contributed by atoms with Gasteiger partial charge in [-0.15, -0.1) is 0 Å². The van der Waals surface area contributed by atoms with Crippen LogP contribution in [-0.2, 0) is 0 Å². The summed E-state index contributed by atoms with van der Waals surface area (Å²) in [5.74, 6) is -1.42. The van der Waals surface area contributed by atoms with Crippen LogP contribution in [0.4, 0.5) is 14.5 Å². The van der Waals surface area contributed by atoms with Crippen LogP contribution >= 0.6 is 0 Å². The molecule has 4 heteroatoms. The molecule has 0 amide bonds. The van der Waals surface area contributed by atoms with Crippen molar-refractivity contribution in [3.8, 4) is 0 Å². The Morgan fingerprint density at radius 2 is 2.13 bits per heavy atom. The maximum absolute atomic E-state index is 13.5. The molecule has 0 atom stereocenters. The molecule has 0 aliphatic carbocycles. The molecule has 0 aliphatic rings. The lowest BCUT2D eigenvalue weighted by Crippen LogP contribution is -2.14. The fourth-order valence-corrected chi connectivity index (χ4v) is 1.21. The molecule has 82 valence electrons. The molecular formula is C11H14F2N2. The van der Waals surface area contributed by atoms with Gasteiger partial charge in [0.25, 0.3) is 0 Å². The number of halogens is 2. The summed E-state index contributed by atoms with van der Waals surface area (Å²) in [6.45, 7) is 6.15. The highest BCUT2D eigenvalue weighted by atomic mass is 19.1. The monoisotopic (exact) mass is 212 g/mol. The van der Waals surface area contributed by atoms with Crippen molar-refractivity contribution in [3.05, 3.63) is 35.9 Å². The number of hydrogen-bond donors (Lipinski definition) is 2. The van der Waals surface area contributed by atoms with Crippen molar-refractivity contribution >= 4 is 11.4 Å². The van der Waals surface area contributed by atoms with Crippen LogP contribution < -0.4 is 11.1 Å². The molecule has 0 aromatic heterocycles. The molecule has 3 N–H and O–H groups in total. The molecule has 1 aromatic carbocycles. The summed E-state index contributed by atoms with van der Waals surface area (Å²) in [5.41, 5.74) is 5.31. The van der Waals surface area contributed by atoms with E-state index in [0.29, 0.717) is 6.54 Å². The third-order valence-electron chi connectivity index (χ3n) is 2.01. The minimum Gasteiger partial charge on any atom is -0.396 e. The number of nitrogens with two attached hydrogens (primary N) is 1. The van der Waals surface area contributed by atoms with Crippen molar-refractivity contribution in [2.45, 2.75) is 13.3 Å². The Morgan fingerprint density at radius 1 is 1.47 bits per heavy atom. The predicted molar refractivity (Wildman–Crippen MR) is 58.1 cm³/mol. The molecule has 1 aromatic rings. The van der Waals surface area contributed by atoms with Crippen LogP contribution in [0, 0.1) is 11.6 Å². The average molecular weight is 212 g/mol. The quantitative estimate of drug-likeness (QED) is 0.752. The normalized spacial score (nSPS) is 10.1. The molecular weight excluding hydrogens is 198 g/mol. The van der Waals surface area contributed by atoms with Crippen molar-refractivity contribution in [1.29, 1.82) is 0 Å². The van der Waals surface area contributed by atoms with Crippen LogP contribution in [0.1, 0.15) is 18.9 Å². The summed E-state index contributed by atoms with van der Waals surface area (Å²) in [6.07, 6.45) is 0.852. The van der Waals surface area contributed by atoms with Crippen LogP contribution in [0.3, 0.4) is 0 Å². The lowest BCUT2D eigenvalue weighted by atomic mass is 10.1. The number of hydrogen-bond acceptors (Lipinski definition) is 2. The van der Waals surface area contributed by atoms with Gasteiger partial charge in [-0.05, 0) is 18.6 Å². The summed E-state index contributed by atoms with van der Waals surface area (Å²) >= 11 is 0. The van der Waals surface area contributed by atoms with E-state index in [-0.39, 0.29) is 16.9 Å². The minimum atomic E-state index is -0.761. The number of anilines is 1. The zero-order chi connectivity index (χ0) is 11.4. The van der Waals surface area contributed by atoms with E-state index in [1.54, 1.807) is 0 Å². The fraction of sp³-hybridized carbons (Fsp3) is 0.273. The molecule has 1 rings (SSSR count). The zero-order valence-corrected chi connectivity index (χ0v) is 8.61. The summed E-state index contributed by atoms with van der Waals surface area (Å²) < 4.78 is 26.8. The van der Waals surface area contributed by atoms with Crippen LogP contribution in [0.5, 0.6) is 0 Å². The van der Waals surface area contributed by atoms with E-state index in [1.807, 2.05) is 6.92 Å². The Labute approximate surface area is 87.8 Å². The van der Waals surface area contributed by atoms with Gasteiger partial charge in [0.15, 0.2) is 5.82 Å². The molecule has 0 heterocycles. The summed E-state index contributed by atoms with van der Waals surface area (Å²) in [7, 11) is 0. The summed E-state index contributed by atoms with van der Waals surface area (Å²) in [4.78, 5) is 0. The second kappa shape index (κ2) is 4.77. The summed E-state index contributed by atoms with van der Waals surface area (Å²) in [6, 6.07) is 2.33. The first-order valence-corrected chi connectivity index (χ1v) is 4.74. The molecule has 2 nitrogen and oxygen atoms in total. The van der Waals surface area contributed by atoms with Gasteiger partial charge in [0, 0.05) is 12.2 Å². The Morgan fingerprint density at radius 3 is 2.73 bits per heavy atom. The van der Waals surface area contributed by atoms with Crippen molar-refractivity contribution in [2.24, 2.45) is 0 Å². The second-order valence-electron chi connectivity index (χ2n) is 3.23. The number of rotatable bonds is 4. The highest BCUT2D eigenvalue weighted by Crippen LogP contribution is 2.23. The first-order valence-electron chi connectivity index (χ1n) is 4.74. The maximum Gasteiger partial charge on any atom is 0.158 e. The van der Waals surface area contributed by atoms with Gasteiger partial charge in [-0.2, -0.15) is 0 Å². The average Bonchev–Trinajstić information content (AvgIpc) is 2.21. The summed E-state index contributed by atoms with van der Waals surface area (Å²) in [5, 5.41) is 2.83. The van der Waals surface area contributed by atoms with E-state index in [9.17, 15) is 8.78 Å².